The molecule has 0 aliphatic heterocycles. The quantitative estimate of drug-likeness (QED) is 0.873. The zero-order chi connectivity index (χ0) is 14.5. The van der Waals surface area contributed by atoms with Crippen LogP contribution in [0.1, 0.15) is 29.6 Å². The minimum absolute atomic E-state index is 0.223. The van der Waals surface area contributed by atoms with Gasteiger partial charge in [-0.1, -0.05) is 6.92 Å². The molecule has 1 aromatic carbocycles. The van der Waals surface area contributed by atoms with Gasteiger partial charge in [-0.15, -0.1) is 0 Å². The third-order valence-electron chi connectivity index (χ3n) is 3.15. The minimum atomic E-state index is -0.223. The highest BCUT2D eigenvalue weighted by Crippen LogP contribution is 2.19. The van der Waals surface area contributed by atoms with Crippen molar-refractivity contribution in [2.45, 2.75) is 33.9 Å². The predicted molar refractivity (Wildman–Crippen MR) is 76.3 cm³/mol. The van der Waals surface area contributed by atoms with Gasteiger partial charge in [0.25, 0.3) is 0 Å². The second-order valence-corrected chi connectivity index (χ2v) is 4.77. The maximum Gasteiger partial charge on any atom is 0.146 e. The normalized spacial score (nSPS) is 10.8. The van der Waals surface area contributed by atoms with Crippen LogP contribution in [0, 0.1) is 19.7 Å². The van der Waals surface area contributed by atoms with E-state index in [2.05, 4.69) is 12.2 Å². The molecule has 0 bridgehead atoms. The molecule has 4 heteroatoms. The van der Waals surface area contributed by atoms with Crippen molar-refractivity contribution in [1.82, 2.24) is 5.32 Å². The summed E-state index contributed by atoms with van der Waals surface area (Å²) in [7, 11) is 0. The summed E-state index contributed by atoms with van der Waals surface area (Å²) >= 11 is 0. The van der Waals surface area contributed by atoms with Gasteiger partial charge in [-0.3, -0.25) is 0 Å². The van der Waals surface area contributed by atoms with Gasteiger partial charge in [-0.2, -0.15) is 0 Å². The Hall–Kier alpha value is -1.81. The summed E-state index contributed by atoms with van der Waals surface area (Å²) in [5.74, 6) is 2.10. The topological polar surface area (TPSA) is 34.4 Å². The summed E-state index contributed by atoms with van der Waals surface area (Å²) in [4.78, 5) is 0. The first-order chi connectivity index (χ1) is 9.60. The Morgan fingerprint density at radius 3 is 2.75 bits per heavy atom. The van der Waals surface area contributed by atoms with E-state index in [0.29, 0.717) is 17.9 Å². The van der Waals surface area contributed by atoms with E-state index in [0.717, 1.165) is 30.2 Å². The first-order valence-corrected chi connectivity index (χ1v) is 6.78. The van der Waals surface area contributed by atoms with E-state index < -0.39 is 0 Å². The number of aryl methyl sites for hydroxylation is 2. The molecule has 0 fully saturated rings. The maximum atomic E-state index is 13.2. The second kappa shape index (κ2) is 6.57. The largest absolute Gasteiger partial charge is 0.486 e. The number of ether oxygens (including phenoxy) is 1. The van der Waals surface area contributed by atoms with Gasteiger partial charge < -0.3 is 14.5 Å². The lowest BCUT2D eigenvalue weighted by atomic mass is 10.2. The Morgan fingerprint density at radius 2 is 2.05 bits per heavy atom. The molecule has 0 aliphatic carbocycles. The number of hydrogen-bond acceptors (Lipinski definition) is 3. The predicted octanol–water partition coefficient (Wildman–Crippen LogP) is 3.72. The van der Waals surface area contributed by atoms with Crippen molar-refractivity contribution in [3.63, 3.8) is 0 Å². The van der Waals surface area contributed by atoms with Crippen molar-refractivity contribution in [1.29, 1.82) is 0 Å². The highest BCUT2D eigenvalue weighted by molar-refractivity contribution is 5.29. The SMILES string of the molecule is CCNCc1cc(COc2ccc(F)c(C)c2)oc1C. The molecule has 2 rings (SSSR count). The van der Waals surface area contributed by atoms with Crippen LogP contribution >= 0.6 is 0 Å². The van der Waals surface area contributed by atoms with E-state index in [9.17, 15) is 4.39 Å². The van der Waals surface area contributed by atoms with Crippen LogP contribution in [-0.4, -0.2) is 6.54 Å². The molecule has 0 unspecified atom stereocenters. The third-order valence-corrected chi connectivity index (χ3v) is 3.15. The molecule has 0 saturated carbocycles. The molecule has 1 N–H and O–H groups in total. The van der Waals surface area contributed by atoms with Crippen molar-refractivity contribution in [3.05, 3.63) is 52.7 Å². The molecule has 2 aromatic rings. The van der Waals surface area contributed by atoms with Crippen LogP contribution < -0.4 is 10.1 Å². The number of nitrogens with one attached hydrogen (secondary N) is 1. The van der Waals surface area contributed by atoms with E-state index in [-0.39, 0.29) is 5.82 Å². The van der Waals surface area contributed by atoms with E-state index in [1.54, 1.807) is 19.1 Å². The van der Waals surface area contributed by atoms with Gasteiger partial charge in [0.15, 0.2) is 0 Å². The molecule has 20 heavy (non-hydrogen) atoms. The molecule has 0 aliphatic rings. The van der Waals surface area contributed by atoms with Crippen LogP contribution in [0.3, 0.4) is 0 Å². The van der Waals surface area contributed by atoms with Crippen LogP contribution in [-0.2, 0) is 13.2 Å². The fourth-order valence-corrected chi connectivity index (χ4v) is 1.96. The Bertz CT molecular complexity index is 578. The van der Waals surface area contributed by atoms with Crippen LogP contribution in [0.15, 0.2) is 28.7 Å². The molecule has 1 heterocycles. The van der Waals surface area contributed by atoms with E-state index >= 15 is 0 Å². The molecular weight excluding hydrogens is 257 g/mol. The summed E-state index contributed by atoms with van der Waals surface area (Å²) in [5.41, 5.74) is 1.71. The van der Waals surface area contributed by atoms with Crippen LogP contribution in [0.4, 0.5) is 4.39 Å². The van der Waals surface area contributed by atoms with Crippen LogP contribution in [0.5, 0.6) is 5.75 Å². The van der Waals surface area contributed by atoms with E-state index in [1.165, 1.54) is 6.07 Å². The van der Waals surface area contributed by atoms with E-state index in [4.69, 9.17) is 9.15 Å². The maximum absolute atomic E-state index is 13.2. The lowest BCUT2D eigenvalue weighted by molar-refractivity contribution is 0.267. The zero-order valence-corrected chi connectivity index (χ0v) is 12.1. The highest BCUT2D eigenvalue weighted by Gasteiger charge is 2.08. The van der Waals surface area contributed by atoms with Gasteiger partial charge in [-0.05, 0) is 50.2 Å². The standard InChI is InChI=1S/C16H20FNO2/c1-4-18-9-13-8-15(20-12(13)3)10-19-14-5-6-16(17)11(2)7-14/h5-8,18H,4,9-10H2,1-3H3. The first kappa shape index (κ1) is 14.6. The van der Waals surface area contributed by atoms with Crippen molar-refractivity contribution >= 4 is 0 Å². The third kappa shape index (κ3) is 3.61. The number of halogens is 1. The van der Waals surface area contributed by atoms with Gasteiger partial charge in [0, 0.05) is 12.1 Å². The molecule has 0 spiro atoms. The molecular formula is C16H20FNO2. The Balaban J connectivity index is 1.98. The molecule has 3 nitrogen and oxygen atoms in total. The fraction of sp³-hybridized carbons (Fsp3) is 0.375. The van der Waals surface area contributed by atoms with Crippen molar-refractivity contribution in [3.8, 4) is 5.75 Å². The van der Waals surface area contributed by atoms with Gasteiger partial charge in [-0.25, -0.2) is 4.39 Å². The van der Waals surface area contributed by atoms with Gasteiger partial charge in [0.05, 0.1) is 0 Å². The number of benzene rings is 1. The van der Waals surface area contributed by atoms with Crippen LogP contribution in [0.2, 0.25) is 0 Å². The smallest absolute Gasteiger partial charge is 0.146 e. The Morgan fingerprint density at radius 1 is 1.25 bits per heavy atom. The molecule has 1 aromatic heterocycles. The lowest BCUT2D eigenvalue weighted by Gasteiger charge is -2.05. The molecule has 0 radical (unpaired) electrons. The average Bonchev–Trinajstić information content (AvgIpc) is 2.78. The first-order valence-electron chi connectivity index (χ1n) is 6.78. The summed E-state index contributed by atoms with van der Waals surface area (Å²) < 4.78 is 24.4. The van der Waals surface area contributed by atoms with Gasteiger partial charge >= 0.3 is 0 Å². The van der Waals surface area contributed by atoms with Gasteiger partial charge in [0.2, 0.25) is 0 Å². The zero-order valence-electron chi connectivity index (χ0n) is 12.1. The average molecular weight is 277 g/mol. The molecule has 0 atom stereocenters. The fourth-order valence-electron chi connectivity index (χ4n) is 1.96. The van der Waals surface area contributed by atoms with Crippen molar-refractivity contribution < 1.29 is 13.5 Å². The monoisotopic (exact) mass is 277 g/mol. The summed E-state index contributed by atoms with van der Waals surface area (Å²) in [5, 5.41) is 3.26. The molecule has 0 saturated heterocycles. The minimum Gasteiger partial charge on any atom is -0.486 e. The van der Waals surface area contributed by atoms with Gasteiger partial charge in [0.1, 0.15) is 29.7 Å². The highest BCUT2D eigenvalue weighted by atomic mass is 19.1. The van der Waals surface area contributed by atoms with E-state index in [1.807, 2.05) is 13.0 Å². The lowest BCUT2D eigenvalue weighted by Crippen LogP contribution is -2.11. The number of furan rings is 1. The number of hydrogen-bond donors (Lipinski definition) is 1. The Kier molecular flexibility index (Phi) is 4.79. The second-order valence-electron chi connectivity index (χ2n) is 4.77. The Labute approximate surface area is 118 Å². The molecule has 0 amide bonds. The van der Waals surface area contributed by atoms with Crippen molar-refractivity contribution in [2.24, 2.45) is 0 Å². The van der Waals surface area contributed by atoms with Crippen molar-refractivity contribution in [2.75, 3.05) is 6.54 Å². The molecule has 108 valence electrons. The summed E-state index contributed by atoms with van der Waals surface area (Å²) in [6.07, 6.45) is 0. The van der Waals surface area contributed by atoms with Crippen LogP contribution in [0.25, 0.3) is 0 Å². The summed E-state index contributed by atoms with van der Waals surface area (Å²) in [6.45, 7) is 7.78. The summed E-state index contributed by atoms with van der Waals surface area (Å²) in [6, 6.07) is 6.71. The number of rotatable bonds is 6.